The molecule has 178 valence electrons. The number of ether oxygens (including phenoxy) is 2. The molecule has 0 radical (unpaired) electrons. The van der Waals surface area contributed by atoms with Crippen LogP contribution < -0.4 is 4.74 Å². The molecule has 0 saturated carbocycles. The summed E-state index contributed by atoms with van der Waals surface area (Å²) in [6, 6.07) is 13.9. The first-order valence-electron chi connectivity index (χ1n) is 11.7. The van der Waals surface area contributed by atoms with Crippen molar-refractivity contribution in [2.45, 2.75) is 45.8 Å². The van der Waals surface area contributed by atoms with E-state index < -0.39 is 8.07 Å². The van der Waals surface area contributed by atoms with E-state index >= 15 is 0 Å². The molecular formula is C27H32FN3O2Si. The van der Waals surface area contributed by atoms with Crippen LogP contribution in [-0.2, 0) is 17.9 Å². The Labute approximate surface area is 201 Å². The number of hydrogen-bond acceptors (Lipinski definition) is 4. The van der Waals surface area contributed by atoms with Gasteiger partial charge in [-0.2, -0.15) is 0 Å². The first-order chi connectivity index (χ1) is 16.3. The van der Waals surface area contributed by atoms with E-state index in [1.54, 1.807) is 18.3 Å². The highest BCUT2D eigenvalue weighted by atomic mass is 28.3. The van der Waals surface area contributed by atoms with Gasteiger partial charge in [0, 0.05) is 38.7 Å². The number of aromatic nitrogens is 3. The van der Waals surface area contributed by atoms with E-state index in [9.17, 15) is 4.39 Å². The average molecular weight is 478 g/mol. The van der Waals surface area contributed by atoms with E-state index in [1.807, 2.05) is 30.0 Å². The fraction of sp³-hybridized carbons (Fsp3) is 0.333. The van der Waals surface area contributed by atoms with Crippen molar-refractivity contribution in [3.8, 4) is 17.1 Å². The van der Waals surface area contributed by atoms with Gasteiger partial charge in [0.1, 0.15) is 23.9 Å². The lowest BCUT2D eigenvalue weighted by Gasteiger charge is -2.17. The Kier molecular flexibility index (Phi) is 7.43. The fourth-order valence-electron chi connectivity index (χ4n) is 3.82. The lowest BCUT2D eigenvalue weighted by atomic mass is 10.0. The van der Waals surface area contributed by atoms with Gasteiger partial charge >= 0.3 is 0 Å². The van der Waals surface area contributed by atoms with Gasteiger partial charge in [0.05, 0.1) is 12.2 Å². The van der Waals surface area contributed by atoms with Gasteiger partial charge in [-0.1, -0.05) is 37.8 Å². The average Bonchev–Trinajstić information content (AvgIpc) is 3.26. The smallest absolute Gasteiger partial charge is 0.156 e. The standard InChI is InChI=1S/C27H32FN3O2Si/c1-5-33-26-24(27-29-12-13-31(27)19-32-14-15-34(2,3)4)11-8-22-17-21(18-30-25(22)26)16-20-6-9-23(28)10-7-20/h6-13,17-18H,5,14-16,19H2,1-4H3. The zero-order chi connectivity index (χ0) is 24.1. The van der Waals surface area contributed by atoms with E-state index in [2.05, 4.69) is 36.8 Å². The number of hydrogen-bond donors (Lipinski definition) is 0. The van der Waals surface area contributed by atoms with Gasteiger partial charge in [-0.3, -0.25) is 4.98 Å². The Bertz CT molecular complexity index is 1250. The van der Waals surface area contributed by atoms with Crippen LogP contribution in [0.5, 0.6) is 5.75 Å². The molecule has 0 atom stereocenters. The summed E-state index contributed by atoms with van der Waals surface area (Å²) in [4.78, 5) is 9.35. The number of rotatable bonds is 10. The Morgan fingerprint density at radius 3 is 2.53 bits per heavy atom. The summed E-state index contributed by atoms with van der Waals surface area (Å²) in [5, 5.41) is 0.997. The molecule has 2 heterocycles. The lowest BCUT2D eigenvalue weighted by molar-refractivity contribution is 0.0882. The number of fused-ring (bicyclic) bond motifs is 1. The summed E-state index contributed by atoms with van der Waals surface area (Å²) in [6.45, 7) is 10.7. The highest BCUT2D eigenvalue weighted by molar-refractivity contribution is 6.76. The normalized spacial score (nSPS) is 11.8. The molecule has 5 nitrogen and oxygen atoms in total. The van der Waals surface area contributed by atoms with E-state index in [0.717, 1.165) is 51.8 Å². The molecule has 2 aromatic heterocycles. The summed E-state index contributed by atoms with van der Waals surface area (Å²) < 4.78 is 27.3. The van der Waals surface area contributed by atoms with Gasteiger partial charge in [-0.25, -0.2) is 9.37 Å². The van der Waals surface area contributed by atoms with Crippen LogP contribution in [0, 0.1) is 5.82 Å². The topological polar surface area (TPSA) is 49.2 Å². The molecule has 7 heteroatoms. The van der Waals surface area contributed by atoms with E-state index in [-0.39, 0.29) is 5.82 Å². The van der Waals surface area contributed by atoms with Crippen molar-refractivity contribution in [3.63, 3.8) is 0 Å². The third-order valence-corrected chi connectivity index (χ3v) is 7.36. The summed E-state index contributed by atoms with van der Waals surface area (Å²) in [7, 11) is -1.13. The van der Waals surface area contributed by atoms with Crippen LogP contribution in [0.4, 0.5) is 4.39 Å². The molecule has 34 heavy (non-hydrogen) atoms. The molecule has 0 aliphatic rings. The molecule has 0 unspecified atom stereocenters. The first-order valence-corrected chi connectivity index (χ1v) is 15.4. The van der Waals surface area contributed by atoms with E-state index in [1.165, 1.54) is 12.1 Å². The molecule has 0 bridgehead atoms. The largest absolute Gasteiger partial charge is 0.491 e. The van der Waals surface area contributed by atoms with Crippen molar-refractivity contribution >= 4 is 19.0 Å². The molecule has 0 aliphatic heterocycles. The molecular weight excluding hydrogens is 445 g/mol. The second-order valence-electron chi connectivity index (χ2n) is 9.66. The summed E-state index contributed by atoms with van der Waals surface area (Å²) in [5.41, 5.74) is 3.80. The third kappa shape index (κ3) is 5.90. The van der Waals surface area contributed by atoms with Crippen LogP contribution in [0.2, 0.25) is 25.7 Å². The predicted octanol–water partition coefficient (Wildman–Crippen LogP) is 6.54. The zero-order valence-corrected chi connectivity index (χ0v) is 21.3. The van der Waals surface area contributed by atoms with Gasteiger partial charge in [0.2, 0.25) is 0 Å². The van der Waals surface area contributed by atoms with Crippen LogP contribution in [0.25, 0.3) is 22.3 Å². The molecule has 0 aliphatic carbocycles. The number of imidazole rings is 1. The van der Waals surface area contributed by atoms with Crippen molar-refractivity contribution in [1.29, 1.82) is 0 Å². The van der Waals surface area contributed by atoms with Crippen molar-refractivity contribution in [2.24, 2.45) is 0 Å². The molecule has 2 aromatic carbocycles. The first kappa shape index (κ1) is 24.1. The fourth-order valence-corrected chi connectivity index (χ4v) is 4.58. The van der Waals surface area contributed by atoms with Crippen molar-refractivity contribution in [2.75, 3.05) is 13.2 Å². The minimum absolute atomic E-state index is 0.228. The highest BCUT2D eigenvalue weighted by Crippen LogP contribution is 2.36. The quantitative estimate of drug-likeness (QED) is 0.192. The Hall–Kier alpha value is -3.03. The van der Waals surface area contributed by atoms with Crippen molar-refractivity contribution < 1.29 is 13.9 Å². The minimum Gasteiger partial charge on any atom is -0.491 e. The van der Waals surface area contributed by atoms with E-state index in [0.29, 0.717) is 19.8 Å². The predicted molar refractivity (Wildman–Crippen MR) is 137 cm³/mol. The van der Waals surface area contributed by atoms with Crippen molar-refractivity contribution in [1.82, 2.24) is 14.5 Å². The molecule has 4 aromatic rings. The molecule has 4 rings (SSSR count). The monoisotopic (exact) mass is 477 g/mol. The lowest BCUT2D eigenvalue weighted by Crippen LogP contribution is -2.22. The molecule has 0 amide bonds. The van der Waals surface area contributed by atoms with Crippen LogP contribution in [0.3, 0.4) is 0 Å². The van der Waals surface area contributed by atoms with Gasteiger partial charge in [0.25, 0.3) is 0 Å². The Morgan fingerprint density at radius 2 is 1.79 bits per heavy atom. The SMILES string of the molecule is CCOc1c(-c2nccn2COCC[Si](C)(C)C)ccc2cc(Cc3ccc(F)cc3)cnc12. The number of halogens is 1. The summed E-state index contributed by atoms with van der Waals surface area (Å²) in [5.74, 6) is 1.30. The maximum Gasteiger partial charge on any atom is 0.156 e. The Balaban J connectivity index is 1.61. The second-order valence-corrected chi connectivity index (χ2v) is 15.3. The van der Waals surface area contributed by atoms with Gasteiger partial charge in [0.15, 0.2) is 5.75 Å². The Morgan fingerprint density at radius 1 is 1.00 bits per heavy atom. The zero-order valence-electron chi connectivity index (χ0n) is 20.3. The number of nitrogens with zero attached hydrogens (tertiary/aromatic N) is 3. The van der Waals surface area contributed by atoms with Crippen LogP contribution in [0.1, 0.15) is 18.1 Å². The molecule has 0 spiro atoms. The van der Waals surface area contributed by atoms with Gasteiger partial charge < -0.3 is 14.0 Å². The highest BCUT2D eigenvalue weighted by Gasteiger charge is 2.17. The maximum absolute atomic E-state index is 13.2. The van der Waals surface area contributed by atoms with Crippen LogP contribution in [-0.4, -0.2) is 35.8 Å². The molecule has 0 fully saturated rings. The second kappa shape index (κ2) is 10.5. The molecule has 0 N–H and O–H groups in total. The number of pyridine rings is 1. The summed E-state index contributed by atoms with van der Waals surface area (Å²) in [6.07, 6.45) is 6.28. The van der Waals surface area contributed by atoms with Crippen LogP contribution in [0.15, 0.2) is 61.1 Å². The maximum atomic E-state index is 13.2. The minimum atomic E-state index is -1.13. The third-order valence-electron chi connectivity index (χ3n) is 5.66. The van der Waals surface area contributed by atoms with E-state index in [4.69, 9.17) is 14.5 Å². The van der Waals surface area contributed by atoms with Crippen LogP contribution >= 0.6 is 0 Å². The van der Waals surface area contributed by atoms with Gasteiger partial charge in [-0.05, 0) is 54.8 Å². The molecule has 0 saturated heterocycles. The van der Waals surface area contributed by atoms with Crippen molar-refractivity contribution in [3.05, 3.63) is 78.0 Å². The summed E-state index contributed by atoms with van der Waals surface area (Å²) >= 11 is 0. The number of benzene rings is 2. The van der Waals surface area contributed by atoms with Gasteiger partial charge in [-0.15, -0.1) is 0 Å².